The highest BCUT2D eigenvalue weighted by molar-refractivity contribution is 5.74. The fraction of sp³-hybridized carbons (Fsp3) is 0.611. The average Bonchev–Trinajstić information content (AvgIpc) is 2.99. The molecule has 1 aromatic rings. The number of urea groups is 1. The Morgan fingerprint density at radius 2 is 1.91 bits per heavy atom. The summed E-state index contributed by atoms with van der Waals surface area (Å²) in [6.07, 6.45) is 5.43. The largest absolute Gasteiger partial charge is 0.390 e. The van der Waals surface area contributed by atoms with Gasteiger partial charge in [0, 0.05) is 25.0 Å². The summed E-state index contributed by atoms with van der Waals surface area (Å²) < 4.78 is 0. The van der Waals surface area contributed by atoms with Gasteiger partial charge < -0.3 is 21.1 Å². The number of rotatable bonds is 4. The van der Waals surface area contributed by atoms with Gasteiger partial charge >= 0.3 is 6.03 Å². The minimum atomic E-state index is -0.501. The van der Waals surface area contributed by atoms with Gasteiger partial charge in [0.2, 0.25) is 0 Å². The third kappa shape index (κ3) is 3.85. The fourth-order valence-electron chi connectivity index (χ4n) is 3.87. The third-order valence-corrected chi connectivity index (χ3v) is 5.28. The molecule has 23 heavy (non-hydrogen) atoms. The second-order valence-electron chi connectivity index (χ2n) is 6.87. The highest BCUT2D eigenvalue weighted by atomic mass is 16.3. The molecule has 1 heterocycles. The highest BCUT2D eigenvalue weighted by Gasteiger charge is 2.34. The number of β-amino-alcohol motifs (C(OH)–C–C–N with tert-alkyl or cyclic N) is 1. The molecule has 0 radical (unpaired) electrons. The SMILES string of the molecule is O=C(NCC1(c2ccccc2)CCCCC1)N[C@@H]1CNC[C@H]1O. The lowest BCUT2D eigenvalue weighted by Gasteiger charge is -2.38. The third-order valence-electron chi connectivity index (χ3n) is 5.28. The van der Waals surface area contributed by atoms with Gasteiger partial charge in [-0.05, 0) is 18.4 Å². The number of aliphatic hydroxyl groups is 1. The first-order valence-electron chi connectivity index (χ1n) is 8.68. The van der Waals surface area contributed by atoms with Crippen LogP contribution in [0.3, 0.4) is 0 Å². The summed E-state index contributed by atoms with van der Waals surface area (Å²) in [6, 6.07) is 10.2. The Kier molecular flexibility index (Phi) is 5.18. The van der Waals surface area contributed by atoms with Crippen LogP contribution in [0.25, 0.3) is 0 Å². The van der Waals surface area contributed by atoms with E-state index in [9.17, 15) is 9.90 Å². The van der Waals surface area contributed by atoms with Crippen LogP contribution in [-0.2, 0) is 5.41 Å². The zero-order chi connectivity index (χ0) is 16.1. The predicted octanol–water partition coefficient (Wildman–Crippen LogP) is 1.52. The minimum absolute atomic E-state index is 0.0450. The molecule has 2 fully saturated rings. The number of carbonyl (C=O) groups is 1. The minimum Gasteiger partial charge on any atom is -0.390 e. The number of aliphatic hydroxyl groups excluding tert-OH is 1. The molecule has 1 aliphatic heterocycles. The van der Waals surface area contributed by atoms with Gasteiger partial charge in [0.15, 0.2) is 0 Å². The van der Waals surface area contributed by atoms with Crippen molar-refractivity contribution in [2.75, 3.05) is 19.6 Å². The molecule has 3 rings (SSSR count). The molecule has 2 aliphatic rings. The summed E-state index contributed by atoms with van der Waals surface area (Å²) in [5.41, 5.74) is 1.37. The molecule has 5 nitrogen and oxygen atoms in total. The van der Waals surface area contributed by atoms with Crippen LogP contribution in [0.15, 0.2) is 30.3 Å². The summed E-state index contributed by atoms with van der Waals surface area (Å²) >= 11 is 0. The van der Waals surface area contributed by atoms with Crippen LogP contribution in [0.5, 0.6) is 0 Å². The first-order chi connectivity index (χ1) is 11.2. The maximum atomic E-state index is 12.2. The van der Waals surface area contributed by atoms with Crippen LogP contribution in [0, 0.1) is 0 Å². The monoisotopic (exact) mass is 317 g/mol. The topological polar surface area (TPSA) is 73.4 Å². The standard InChI is InChI=1S/C18H27N3O2/c22-16-12-19-11-15(16)21-17(23)20-13-18(9-5-2-6-10-18)14-7-3-1-4-8-14/h1,3-4,7-8,15-16,19,22H,2,5-6,9-13H2,(H2,20,21,23)/t15-,16-/m1/s1. The molecular formula is C18H27N3O2. The van der Waals surface area contributed by atoms with Crippen LogP contribution in [-0.4, -0.2) is 42.9 Å². The summed E-state index contributed by atoms with van der Waals surface area (Å²) in [7, 11) is 0. The maximum absolute atomic E-state index is 12.2. The molecule has 126 valence electrons. The first kappa shape index (κ1) is 16.3. The normalized spacial score (nSPS) is 26.7. The number of benzene rings is 1. The van der Waals surface area contributed by atoms with E-state index in [2.05, 4.69) is 40.2 Å². The van der Waals surface area contributed by atoms with Crippen molar-refractivity contribution in [3.05, 3.63) is 35.9 Å². The zero-order valence-electron chi connectivity index (χ0n) is 13.6. The number of hydrogen-bond acceptors (Lipinski definition) is 3. The van der Waals surface area contributed by atoms with Gasteiger partial charge in [-0.1, -0.05) is 49.6 Å². The van der Waals surface area contributed by atoms with E-state index in [0.29, 0.717) is 19.6 Å². The molecule has 4 N–H and O–H groups in total. The van der Waals surface area contributed by atoms with Gasteiger partial charge in [0.25, 0.3) is 0 Å². The van der Waals surface area contributed by atoms with E-state index < -0.39 is 6.10 Å². The Morgan fingerprint density at radius 1 is 1.17 bits per heavy atom. The van der Waals surface area contributed by atoms with E-state index in [1.807, 2.05) is 6.07 Å². The van der Waals surface area contributed by atoms with Crippen LogP contribution in [0.4, 0.5) is 4.79 Å². The van der Waals surface area contributed by atoms with Gasteiger partial charge in [0.05, 0.1) is 12.1 Å². The average molecular weight is 317 g/mol. The van der Waals surface area contributed by atoms with Crippen LogP contribution >= 0.6 is 0 Å². The first-order valence-corrected chi connectivity index (χ1v) is 8.68. The number of carbonyl (C=O) groups excluding carboxylic acids is 1. The van der Waals surface area contributed by atoms with Crippen LogP contribution in [0.1, 0.15) is 37.7 Å². The lowest BCUT2D eigenvalue weighted by molar-refractivity contribution is 0.161. The number of amides is 2. The summed E-state index contributed by atoms with van der Waals surface area (Å²) in [6.45, 7) is 1.82. The molecular weight excluding hydrogens is 290 g/mol. The Hall–Kier alpha value is -1.59. The Morgan fingerprint density at radius 3 is 2.57 bits per heavy atom. The number of hydrogen-bond donors (Lipinski definition) is 4. The Bertz CT molecular complexity index is 514. The molecule has 2 amide bonds. The summed E-state index contributed by atoms with van der Waals surface area (Å²) in [4.78, 5) is 12.2. The van der Waals surface area contributed by atoms with Crippen molar-refractivity contribution < 1.29 is 9.90 Å². The fourth-order valence-corrected chi connectivity index (χ4v) is 3.87. The van der Waals surface area contributed by atoms with E-state index in [1.165, 1.54) is 24.8 Å². The molecule has 1 aromatic carbocycles. The molecule has 1 aliphatic carbocycles. The van der Waals surface area contributed by atoms with Crippen LogP contribution in [0.2, 0.25) is 0 Å². The smallest absolute Gasteiger partial charge is 0.315 e. The van der Waals surface area contributed by atoms with Crippen molar-refractivity contribution in [3.63, 3.8) is 0 Å². The Balaban J connectivity index is 1.62. The molecule has 1 saturated carbocycles. The van der Waals surface area contributed by atoms with E-state index in [0.717, 1.165) is 12.8 Å². The molecule has 0 unspecified atom stereocenters. The van der Waals surface area contributed by atoms with E-state index in [4.69, 9.17) is 0 Å². The van der Waals surface area contributed by atoms with Crippen molar-refractivity contribution >= 4 is 6.03 Å². The van der Waals surface area contributed by atoms with E-state index >= 15 is 0 Å². The van der Waals surface area contributed by atoms with Crippen molar-refractivity contribution in [1.29, 1.82) is 0 Å². The second kappa shape index (κ2) is 7.32. The lowest BCUT2D eigenvalue weighted by atomic mass is 9.69. The van der Waals surface area contributed by atoms with Gasteiger partial charge in [-0.2, -0.15) is 0 Å². The van der Waals surface area contributed by atoms with Crippen molar-refractivity contribution in [1.82, 2.24) is 16.0 Å². The van der Waals surface area contributed by atoms with Gasteiger partial charge in [0.1, 0.15) is 0 Å². The number of nitrogens with one attached hydrogen (secondary N) is 3. The van der Waals surface area contributed by atoms with E-state index in [-0.39, 0.29) is 17.5 Å². The quantitative estimate of drug-likeness (QED) is 0.680. The van der Waals surface area contributed by atoms with E-state index in [1.54, 1.807) is 0 Å². The highest BCUT2D eigenvalue weighted by Crippen LogP contribution is 2.38. The molecule has 0 spiro atoms. The van der Waals surface area contributed by atoms with Crippen molar-refractivity contribution in [2.24, 2.45) is 0 Å². The lowest BCUT2D eigenvalue weighted by Crippen LogP contribution is -2.51. The molecule has 0 bridgehead atoms. The predicted molar refractivity (Wildman–Crippen MR) is 90.4 cm³/mol. The van der Waals surface area contributed by atoms with Crippen molar-refractivity contribution in [2.45, 2.75) is 49.7 Å². The van der Waals surface area contributed by atoms with Gasteiger partial charge in [-0.25, -0.2) is 4.79 Å². The maximum Gasteiger partial charge on any atom is 0.315 e. The molecule has 2 atom stereocenters. The second-order valence-corrected chi connectivity index (χ2v) is 6.87. The molecule has 5 heteroatoms. The zero-order valence-corrected chi connectivity index (χ0v) is 13.6. The molecule has 0 aromatic heterocycles. The van der Waals surface area contributed by atoms with Crippen LogP contribution < -0.4 is 16.0 Å². The molecule has 1 saturated heterocycles. The summed E-state index contributed by atoms with van der Waals surface area (Å²) in [5.74, 6) is 0. The van der Waals surface area contributed by atoms with Gasteiger partial charge in [-0.15, -0.1) is 0 Å². The van der Waals surface area contributed by atoms with Crippen molar-refractivity contribution in [3.8, 4) is 0 Å². The van der Waals surface area contributed by atoms with Gasteiger partial charge in [-0.3, -0.25) is 0 Å². The Labute approximate surface area is 137 Å². The summed E-state index contributed by atoms with van der Waals surface area (Å²) in [5, 5.41) is 18.8.